The van der Waals surface area contributed by atoms with E-state index in [4.69, 9.17) is 5.26 Å². The lowest BCUT2D eigenvalue weighted by molar-refractivity contribution is -0.140. The fraction of sp³-hybridized carbons (Fsp3) is 0.417. The first-order valence-corrected chi connectivity index (χ1v) is 8.64. The highest BCUT2D eigenvalue weighted by atomic mass is 32.2. The van der Waals surface area contributed by atoms with Crippen LogP contribution < -0.4 is 0 Å². The molecule has 0 aliphatic carbocycles. The second kappa shape index (κ2) is 6.01. The minimum absolute atomic E-state index is 0.103. The van der Waals surface area contributed by atoms with Gasteiger partial charge in [-0.05, 0) is 18.6 Å². The van der Waals surface area contributed by atoms with Crippen molar-refractivity contribution in [2.45, 2.75) is 29.7 Å². The fourth-order valence-electron chi connectivity index (χ4n) is 2.07. The van der Waals surface area contributed by atoms with Gasteiger partial charge in [-0.2, -0.15) is 9.57 Å². The van der Waals surface area contributed by atoms with Crippen LogP contribution in [0.1, 0.15) is 19.0 Å². The van der Waals surface area contributed by atoms with Gasteiger partial charge < -0.3 is 5.11 Å². The van der Waals surface area contributed by atoms with Crippen molar-refractivity contribution >= 4 is 27.8 Å². The molecule has 1 aliphatic heterocycles. The Morgan fingerprint density at radius 2 is 2.33 bits per heavy atom. The Morgan fingerprint density at radius 1 is 1.62 bits per heavy atom. The summed E-state index contributed by atoms with van der Waals surface area (Å²) >= 11 is 1.31. The molecular weight excluding hydrogens is 314 g/mol. The number of hydrogen-bond acceptors (Lipinski definition) is 6. The Balaban J connectivity index is 2.44. The summed E-state index contributed by atoms with van der Waals surface area (Å²) in [4.78, 5) is 14.9. The molecule has 1 saturated heterocycles. The van der Waals surface area contributed by atoms with Crippen LogP contribution in [0.2, 0.25) is 0 Å². The van der Waals surface area contributed by atoms with Crippen LogP contribution in [-0.4, -0.2) is 46.0 Å². The molecular formula is C12H13N3O4S2. The molecule has 2 atom stereocenters. The zero-order valence-corrected chi connectivity index (χ0v) is 12.8. The Morgan fingerprint density at radius 3 is 2.81 bits per heavy atom. The highest BCUT2D eigenvalue weighted by molar-refractivity contribution is 8.01. The first-order chi connectivity index (χ1) is 9.91. The predicted molar refractivity (Wildman–Crippen MR) is 75.9 cm³/mol. The van der Waals surface area contributed by atoms with Crippen LogP contribution in [0.15, 0.2) is 23.2 Å². The minimum Gasteiger partial charge on any atom is -0.480 e. The van der Waals surface area contributed by atoms with Crippen LogP contribution in [0.4, 0.5) is 0 Å². The average Bonchev–Trinajstić information content (AvgIpc) is 2.92. The number of carboxylic acid groups (broad SMARTS) is 1. The number of nitrogens with zero attached hydrogens (tertiary/aromatic N) is 3. The molecule has 0 amide bonds. The van der Waals surface area contributed by atoms with Crippen molar-refractivity contribution in [3.8, 4) is 6.07 Å². The normalized spacial score (nSPS) is 22.9. The highest BCUT2D eigenvalue weighted by Gasteiger charge is 2.45. The Hall–Kier alpha value is -1.63. The maximum Gasteiger partial charge on any atom is 0.322 e. The van der Waals surface area contributed by atoms with Crippen molar-refractivity contribution in [2.24, 2.45) is 0 Å². The second-order valence-corrected chi connectivity index (χ2v) is 7.43. The van der Waals surface area contributed by atoms with Crippen LogP contribution in [-0.2, 0) is 14.8 Å². The van der Waals surface area contributed by atoms with Gasteiger partial charge in [0.1, 0.15) is 22.7 Å². The van der Waals surface area contributed by atoms with Gasteiger partial charge in [0.15, 0.2) is 0 Å². The third-order valence-electron chi connectivity index (χ3n) is 3.10. The lowest BCUT2D eigenvalue weighted by Gasteiger charge is -2.25. The minimum atomic E-state index is -3.96. The molecule has 0 spiro atoms. The van der Waals surface area contributed by atoms with Gasteiger partial charge in [-0.3, -0.25) is 4.79 Å². The van der Waals surface area contributed by atoms with E-state index >= 15 is 0 Å². The fourth-order valence-corrected chi connectivity index (χ4v) is 5.55. The number of carbonyl (C=O) groups is 1. The van der Waals surface area contributed by atoms with E-state index in [-0.39, 0.29) is 16.3 Å². The van der Waals surface area contributed by atoms with E-state index < -0.39 is 27.4 Å². The summed E-state index contributed by atoms with van der Waals surface area (Å²) in [7, 11) is -3.96. The monoisotopic (exact) mass is 327 g/mol. The summed E-state index contributed by atoms with van der Waals surface area (Å²) in [6, 6.07) is 3.29. The summed E-state index contributed by atoms with van der Waals surface area (Å²) in [5, 5.41) is 17.5. The van der Waals surface area contributed by atoms with Gasteiger partial charge in [-0.1, -0.05) is 6.92 Å². The Bertz CT molecular complexity index is 681. The molecule has 21 heavy (non-hydrogen) atoms. The first-order valence-electron chi connectivity index (χ1n) is 6.16. The van der Waals surface area contributed by atoms with Gasteiger partial charge >= 0.3 is 5.97 Å². The summed E-state index contributed by atoms with van der Waals surface area (Å²) < 4.78 is 26.3. The van der Waals surface area contributed by atoms with Crippen molar-refractivity contribution in [3.63, 3.8) is 0 Å². The van der Waals surface area contributed by atoms with E-state index in [0.29, 0.717) is 6.42 Å². The van der Waals surface area contributed by atoms with Crippen LogP contribution >= 0.6 is 11.8 Å². The third-order valence-corrected chi connectivity index (χ3v) is 6.59. The molecule has 7 nitrogen and oxygen atoms in total. The molecule has 1 aliphatic rings. The van der Waals surface area contributed by atoms with Crippen molar-refractivity contribution < 1.29 is 18.3 Å². The number of carboxylic acids is 1. The highest BCUT2D eigenvalue weighted by Crippen LogP contribution is 2.36. The quantitative estimate of drug-likeness (QED) is 0.873. The van der Waals surface area contributed by atoms with E-state index in [0.717, 1.165) is 10.5 Å². The van der Waals surface area contributed by atoms with Crippen molar-refractivity contribution in [1.82, 2.24) is 9.29 Å². The van der Waals surface area contributed by atoms with Gasteiger partial charge in [0.05, 0.1) is 5.37 Å². The number of nitriles is 1. The summed E-state index contributed by atoms with van der Waals surface area (Å²) in [6.45, 7) is 1.81. The van der Waals surface area contributed by atoms with Crippen LogP contribution in [0.3, 0.4) is 0 Å². The van der Waals surface area contributed by atoms with Crippen molar-refractivity contribution in [1.29, 1.82) is 5.26 Å². The van der Waals surface area contributed by atoms with E-state index in [9.17, 15) is 18.3 Å². The van der Waals surface area contributed by atoms with E-state index in [1.54, 1.807) is 13.0 Å². The third kappa shape index (κ3) is 2.88. The first kappa shape index (κ1) is 15.8. The van der Waals surface area contributed by atoms with Gasteiger partial charge in [-0.15, -0.1) is 11.8 Å². The van der Waals surface area contributed by atoms with Gasteiger partial charge in [0.2, 0.25) is 10.0 Å². The summed E-state index contributed by atoms with van der Waals surface area (Å²) in [5.41, 5.74) is 0.103. The van der Waals surface area contributed by atoms with Crippen LogP contribution in [0.5, 0.6) is 0 Å². The molecule has 2 rings (SSSR count). The number of sulfonamides is 1. The average molecular weight is 327 g/mol. The second-order valence-electron chi connectivity index (χ2n) is 4.38. The van der Waals surface area contributed by atoms with Gasteiger partial charge in [0.25, 0.3) is 0 Å². The molecule has 2 unspecified atom stereocenters. The zero-order chi connectivity index (χ0) is 15.6. The molecule has 0 radical (unpaired) electrons. The molecule has 0 bridgehead atoms. The number of pyridine rings is 1. The predicted octanol–water partition coefficient (Wildman–Crippen LogP) is 0.880. The molecule has 1 N–H and O–H groups in total. The lowest BCUT2D eigenvalue weighted by atomic mass is 10.3. The summed E-state index contributed by atoms with van der Waals surface area (Å²) in [6.07, 6.45) is 1.60. The van der Waals surface area contributed by atoms with Crippen molar-refractivity contribution in [2.75, 3.05) is 5.75 Å². The Kier molecular flexibility index (Phi) is 4.51. The van der Waals surface area contributed by atoms with E-state index in [1.807, 2.05) is 0 Å². The molecule has 0 saturated carbocycles. The zero-order valence-electron chi connectivity index (χ0n) is 11.1. The maximum atomic E-state index is 12.6. The molecule has 2 heterocycles. The summed E-state index contributed by atoms with van der Waals surface area (Å²) in [5.74, 6) is -0.944. The lowest BCUT2D eigenvalue weighted by Crippen LogP contribution is -2.45. The van der Waals surface area contributed by atoms with Crippen LogP contribution in [0.25, 0.3) is 0 Å². The van der Waals surface area contributed by atoms with E-state index in [1.165, 1.54) is 23.9 Å². The molecule has 0 aromatic carbocycles. The number of thioether (sulfide) groups is 1. The largest absolute Gasteiger partial charge is 0.480 e. The smallest absolute Gasteiger partial charge is 0.322 e. The number of aromatic nitrogens is 1. The standard InChI is InChI=1S/C12H13N3O4S2/c1-2-11-15(10(7-20-11)12(16)17)21(18,19)9-4-3-8(5-13)14-6-9/h3-4,6,10-11H,2,7H2,1H3,(H,16,17). The maximum absolute atomic E-state index is 12.6. The molecule has 1 aromatic heterocycles. The van der Waals surface area contributed by atoms with Crippen LogP contribution in [0, 0.1) is 11.3 Å². The molecule has 1 fully saturated rings. The van der Waals surface area contributed by atoms with Gasteiger partial charge in [0, 0.05) is 11.9 Å². The molecule has 9 heteroatoms. The van der Waals surface area contributed by atoms with E-state index in [2.05, 4.69) is 4.98 Å². The topological polar surface area (TPSA) is 111 Å². The Labute approximate surface area is 126 Å². The van der Waals surface area contributed by atoms with Crippen molar-refractivity contribution in [3.05, 3.63) is 24.0 Å². The molecule has 1 aromatic rings. The number of rotatable bonds is 4. The number of aliphatic carboxylic acids is 1. The van der Waals surface area contributed by atoms with Gasteiger partial charge in [-0.25, -0.2) is 13.4 Å². The SMILES string of the molecule is CCC1SCC(C(=O)O)N1S(=O)(=O)c1ccc(C#N)nc1. The molecule has 112 valence electrons. The number of hydrogen-bond donors (Lipinski definition) is 1.